The normalized spacial score (nSPS) is 24.7. The van der Waals surface area contributed by atoms with Gasteiger partial charge in [-0.1, -0.05) is 6.08 Å². The van der Waals surface area contributed by atoms with Crippen LogP contribution in [-0.4, -0.2) is 33.0 Å². The summed E-state index contributed by atoms with van der Waals surface area (Å²) in [6, 6.07) is 2.48. The van der Waals surface area contributed by atoms with E-state index in [1.807, 2.05) is 0 Å². The summed E-state index contributed by atoms with van der Waals surface area (Å²) < 4.78 is 5.52. The lowest BCUT2D eigenvalue weighted by atomic mass is 9.93. The summed E-state index contributed by atoms with van der Waals surface area (Å²) in [4.78, 5) is 22.6. The molecule has 0 unspecified atom stereocenters. The van der Waals surface area contributed by atoms with E-state index >= 15 is 0 Å². The fourth-order valence-electron chi connectivity index (χ4n) is 2.42. The monoisotopic (exact) mass is 288 g/mol. The molecule has 3 rings (SSSR count). The van der Waals surface area contributed by atoms with Gasteiger partial charge in [-0.25, -0.2) is 0 Å². The Morgan fingerprint density at radius 3 is 2.62 bits per heavy atom. The van der Waals surface area contributed by atoms with Gasteiger partial charge in [0.2, 0.25) is 11.6 Å². The Kier molecular flexibility index (Phi) is 3.03. The second kappa shape index (κ2) is 4.75. The predicted octanol–water partition coefficient (Wildman–Crippen LogP) is 0.746. The van der Waals surface area contributed by atoms with Gasteiger partial charge in [-0.2, -0.15) is 0 Å². The summed E-state index contributed by atoms with van der Waals surface area (Å²) in [6.07, 6.45) is 1.50. The van der Waals surface area contributed by atoms with Crippen molar-refractivity contribution >= 4 is 11.6 Å². The van der Waals surface area contributed by atoms with Crippen LogP contribution in [0.5, 0.6) is 17.2 Å². The Bertz CT molecular complexity index is 713. The third-order valence-electron chi connectivity index (χ3n) is 3.47. The lowest BCUT2D eigenvalue weighted by molar-refractivity contribution is -0.133. The van der Waals surface area contributed by atoms with E-state index in [4.69, 9.17) is 4.74 Å². The molecule has 1 atom stereocenters. The van der Waals surface area contributed by atoms with Crippen LogP contribution in [0, 0.1) is 0 Å². The number of Topliss-reactive ketones (excluding diaryl/α,β-unsaturated/α-hetero) is 1. The molecule has 1 aliphatic heterocycles. The molecule has 0 bridgehead atoms. The van der Waals surface area contributed by atoms with Crippen molar-refractivity contribution in [3.05, 3.63) is 41.2 Å². The van der Waals surface area contributed by atoms with Crippen LogP contribution in [0.1, 0.15) is 12.0 Å². The molecule has 2 aliphatic rings. The second-order valence-corrected chi connectivity index (χ2v) is 4.95. The topological polar surface area (TPSA) is 104 Å². The van der Waals surface area contributed by atoms with Gasteiger partial charge >= 0.3 is 0 Å². The van der Waals surface area contributed by atoms with Crippen LogP contribution in [0.2, 0.25) is 0 Å². The average Bonchev–Trinajstić information content (AvgIpc) is 2.42. The second-order valence-electron chi connectivity index (χ2n) is 4.95. The molecule has 0 spiro atoms. The van der Waals surface area contributed by atoms with Gasteiger partial charge in [-0.15, -0.1) is 0 Å². The average molecular weight is 288 g/mol. The SMILES string of the molecule is O=C1C=CC(=C2Oc3cc(O)cc(O)c3C[C@H]2O)CC1=O. The highest BCUT2D eigenvalue weighted by molar-refractivity contribution is 6.43. The van der Waals surface area contributed by atoms with E-state index in [0.29, 0.717) is 11.1 Å². The van der Waals surface area contributed by atoms with Crippen molar-refractivity contribution in [2.45, 2.75) is 18.9 Å². The van der Waals surface area contributed by atoms with E-state index in [1.54, 1.807) is 0 Å². The number of benzene rings is 1. The van der Waals surface area contributed by atoms with E-state index < -0.39 is 17.7 Å². The molecule has 6 heteroatoms. The first-order valence-electron chi connectivity index (χ1n) is 6.34. The highest BCUT2D eigenvalue weighted by Crippen LogP contribution is 2.40. The van der Waals surface area contributed by atoms with E-state index in [0.717, 1.165) is 12.1 Å². The number of aliphatic hydroxyl groups excluding tert-OH is 1. The summed E-state index contributed by atoms with van der Waals surface area (Å²) in [5, 5.41) is 29.4. The quantitative estimate of drug-likeness (QED) is 0.608. The van der Waals surface area contributed by atoms with Crippen LogP contribution in [-0.2, 0) is 16.0 Å². The van der Waals surface area contributed by atoms with Gasteiger partial charge < -0.3 is 20.1 Å². The van der Waals surface area contributed by atoms with Crippen LogP contribution >= 0.6 is 0 Å². The molecule has 0 saturated carbocycles. The van der Waals surface area contributed by atoms with Crippen molar-refractivity contribution in [1.29, 1.82) is 0 Å². The molecule has 0 amide bonds. The summed E-state index contributed by atoms with van der Waals surface area (Å²) >= 11 is 0. The van der Waals surface area contributed by atoms with Crippen molar-refractivity contribution in [3.8, 4) is 17.2 Å². The van der Waals surface area contributed by atoms with Crippen molar-refractivity contribution in [3.63, 3.8) is 0 Å². The van der Waals surface area contributed by atoms with Crippen molar-refractivity contribution in [1.82, 2.24) is 0 Å². The molecular weight excluding hydrogens is 276 g/mol. The lowest BCUT2D eigenvalue weighted by Crippen LogP contribution is -2.27. The van der Waals surface area contributed by atoms with Gasteiger partial charge in [0.15, 0.2) is 0 Å². The molecule has 21 heavy (non-hydrogen) atoms. The van der Waals surface area contributed by atoms with Crippen molar-refractivity contribution < 1.29 is 29.6 Å². The number of hydrogen-bond donors (Lipinski definition) is 3. The molecule has 1 aromatic rings. The van der Waals surface area contributed by atoms with Gasteiger partial charge in [0.1, 0.15) is 29.1 Å². The number of carbonyl (C=O) groups is 2. The minimum atomic E-state index is -1.03. The van der Waals surface area contributed by atoms with Gasteiger partial charge in [-0.05, 0) is 6.08 Å². The van der Waals surface area contributed by atoms with Crippen LogP contribution < -0.4 is 4.74 Å². The Balaban J connectivity index is 2.05. The maximum absolute atomic E-state index is 11.5. The minimum absolute atomic E-state index is 0.0935. The summed E-state index contributed by atoms with van der Waals surface area (Å²) in [5.41, 5.74) is 0.799. The number of fused-ring (bicyclic) bond motifs is 1. The van der Waals surface area contributed by atoms with E-state index in [-0.39, 0.29) is 35.8 Å². The van der Waals surface area contributed by atoms with Crippen LogP contribution in [0.3, 0.4) is 0 Å². The Labute approximate surface area is 119 Å². The lowest BCUT2D eigenvalue weighted by Gasteiger charge is -2.27. The number of allylic oxidation sites excluding steroid dienone is 3. The third kappa shape index (κ3) is 2.30. The largest absolute Gasteiger partial charge is 0.508 e. The third-order valence-corrected chi connectivity index (χ3v) is 3.47. The highest BCUT2D eigenvalue weighted by atomic mass is 16.5. The first-order chi connectivity index (χ1) is 9.95. The molecule has 6 nitrogen and oxygen atoms in total. The Morgan fingerprint density at radius 2 is 1.90 bits per heavy atom. The van der Waals surface area contributed by atoms with Crippen molar-refractivity contribution in [2.24, 2.45) is 0 Å². The smallest absolute Gasteiger partial charge is 0.221 e. The first-order valence-corrected chi connectivity index (χ1v) is 6.34. The summed E-state index contributed by atoms with van der Waals surface area (Å²) in [5.74, 6) is -1.11. The highest BCUT2D eigenvalue weighted by Gasteiger charge is 2.30. The molecule has 1 aromatic carbocycles. The molecule has 0 saturated heterocycles. The molecule has 1 aliphatic carbocycles. The van der Waals surface area contributed by atoms with Gasteiger partial charge in [-0.3, -0.25) is 9.59 Å². The number of rotatable bonds is 0. The maximum Gasteiger partial charge on any atom is 0.221 e. The standard InChI is InChI=1S/C15H12O6/c16-8-4-11(18)9-6-13(20)15(21-14(9)5-8)7-1-2-10(17)12(19)3-7/h1-2,4-5,13,16,18,20H,3,6H2/t13-/m1/s1. The Hall–Kier alpha value is -2.60. The molecule has 1 heterocycles. The number of carbonyl (C=O) groups excluding carboxylic acids is 2. The number of ketones is 2. The number of aromatic hydroxyl groups is 2. The number of ether oxygens (including phenoxy) is 1. The minimum Gasteiger partial charge on any atom is -0.508 e. The summed E-state index contributed by atoms with van der Waals surface area (Å²) in [7, 11) is 0. The number of phenols is 2. The molecular formula is C15H12O6. The van der Waals surface area contributed by atoms with E-state index in [9.17, 15) is 24.9 Å². The van der Waals surface area contributed by atoms with Gasteiger partial charge in [0, 0.05) is 36.1 Å². The number of phenolic OH excluding ortho intramolecular Hbond substituents is 2. The molecule has 0 radical (unpaired) electrons. The van der Waals surface area contributed by atoms with Gasteiger partial charge in [0.05, 0.1) is 0 Å². The maximum atomic E-state index is 11.5. The zero-order valence-electron chi connectivity index (χ0n) is 10.9. The number of aliphatic hydroxyl groups is 1. The van der Waals surface area contributed by atoms with Crippen LogP contribution in [0.4, 0.5) is 0 Å². The number of hydrogen-bond acceptors (Lipinski definition) is 6. The van der Waals surface area contributed by atoms with Crippen LogP contribution in [0.15, 0.2) is 35.6 Å². The van der Waals surface area contributed by atoms with Crippen molar-refractivity contribution in [2.75, 3.05) is 0 Å². The first kappa shape index (κ1) is 13.4. The molecule has 108 valence electrons. The zero-order valence-corrected chi connectivity index (χ0v) is 10.9. The summed E-state index contributed by atoms with van der Waals surface area (Å²) in [6.45, 7) is 0. The molecule has 3 N–H and O–H groups in total. The zero-order chi connectivity index (χ0) is 15.1. The van der Waals surface area contributed by atoms with Crippen LogP contribution in [0.25, 0.3) is 0 Å². The fourth-order valence-corrected chi connectivity index (χ4v) is 2.42. The predicted molar refractivity (Wildman–Crippen MR) is 70.9 cm³/mol. The molecule has 0 fully saturated rings. The van der Waals surface area contributed by atoms with E-state index in [1.165, 1.54) is 12.1 Å². The fraction of sp³-hybridized carbons (Fsp3) is 0.200. The van der Waals surface area contributed by atoms with Gasteiger partial charge in [0.25, 0.3) is 0 Å². The van der Waals surface area contributed by atoms with E-state index in [2.05, 4.69) is 0 Å². The molecule has 0 aromatic heterocycles. The Morgan fingerprint density at radius 1 is 1.14 bits per heavy atom.